The summed E-state index contributed by atoms with van der Waals surface area (Å²) in [6.07, 6.45) is 4.17. The molecule has 0 unspecified atom stereocenters. The predicted molar refractivity (Wildman–Crippen MR) is 133 cm³/mol. The van der Waals surface area contributed by atoms with Crippen molar-refractivity contribution in [2.24, 2.45) is 0 Å². The van der Waals surface area contributed by atoms with Crippen LogP contribution in [0.1, 0.15) is 45.5 Å². The number of nitrogens with zero attached hydrogens (tertiary/aromatic N) is 3. The summed E-state index contributed by atoms with van der Waals surface area (Å²) >= 11 is 0. The molecule has 34 heavy (non-hydrogen) atoms. The number of likely N-dealkylation sites (tertiary alicyclic amines) is 1. The van der Waals surface area contributed by atoms with Crippen LogP contribution in [0.3, 0.4) is 0 Å². The van der Waals surface area contributed by atoms with Gasteiger partial charge in [-0.3, -0.25) is 14.5 Å². The number of rotatable bonds is 6. The average molecular weight is 456 g/mol. The lowest BCUT2D eigenvalue weighted by molar-refractivity contribution is 0.0951. The van der Waals surface area contributed by atoms with Crippen molar-refractivity contribution < 1.29 is 4.79 Å². The highest BCUT2D eigenvalue weighted by molar-refractivity contribution is 5.95. The Morgan fingerprint density at radius 1 is 1.00 bits per heavy atom. The molecule has 1 amide bonds. The first-order chi connectivity index (χ1) is 16.5. The third-order valence-corrected chi connectivity index (χ3v) is 6.60. The molecule has 1 saturated heterocycles. The first-order valence-corrected chi connectivity index (χ1v) is 11.7. The molecule has 3 heterocycles. The zero-order valence-electron chi connectivity index (χ0n) is 19.6. The van der Waals surface area contributed by atoms with E-state index in [1.54, 1.807) is 12.3 Å². The van der Waals surface area contributed by atoms with Crippen LogP contribution < -0.4 is 10.9 Å². The fraction of sp³-hybridized carbons (Fsp3) is 0.296. The molecule has 7 heteroatoms. The van der Waals surface area contributed by atoms with Gasteiger partial charge in [-0.25, -0.2) is 4.52 Å². The van der Waals surface area contributed by atoms with E-state index < -0.39 is 0 Å². The van der Waals surface area contributed by atoms with E-state index in [1.807, 2.05) is 32.0 Å². The highest BCUT2D eigenvalue weighted by Crippen LogP contribution is 2.18. The van der Waals surface area contributed by atoms with Crippen molar-refractivity contribution in [3.05, 3.63) is 92.9 Å². The maximum atomic E-state index is 12.8. The second-order valence-electron chi connectivity index (χ2n) is 9.14. The molecule has 0 radical (unpaired) electrons. The zero-order chi connectivity index (χ0) is 23.7. The second kappa shape index (κ2) is 9.27. The Balaban J connectivity index is 1.28. The van der Waals surface area contributed by atoms with Crippen molar-refractivity contribution in [3.63, 3.8) is 0 Å². The van der Waals surface area contributed by atoms with Crippen molar-refractivity contribution in [2.45, 2.75) is 39.8 Å². The number of aromatic nitrogens is 3. The number of carbonyl (C=O) groups excluding carboxylic acids is 1. The van der Waals surface area contributed by atoms with Crippen LogP contribution in [0.15, 0.2) is 59.5 Å². The molecule has 0 spiro atoms. The number of nitrogens with one attached hydrogen (secondary N) is 2. The fourth-order valence-electron chi connectivity index (χ4n) is 4.40. The maximum absolute atomic E-state index is 12.8. The first-order valence-electron chi connectivity index (χ1n) is 11.7. The van der Waals surface area contributed by atoms with Gasteiger partial charge in [0.15, 0.2) is 5.82 Å². The number of amides is 1. The Hall–Kier alpha value is -3.71. The van der Waals surface area contributed by atoms with Crippen LogP contribution in [-0.4, -0.2) is 38.5 Å². The third-order valence-electron chi connectivity index (χ3n) is 6.60. The molecule has 1 aliphatic heterocycles. The Labute approximate surface area is 198 Å². The highest BCUT2D eigenvalue weighted by Gasteiger charge is 2.14. The lowest BCUT2D eigenvalue weighted by Gasteiger charge is -2.14. The number of carbonyl (C=O) groups is 1. The van der Waals surface area contributed by atoms with E-state index >= 15 is 0 Å². The van der Waals surface area contributed by atoms with Gasteiger partial charge < -0.3 is 10.3 Å². The number of hydrogen-bond acceptors (Lipinski definition) is 4. The summed E-state index contributed by atoms with van der Waals surface area (Å²) in [6.45, 7) is 7.82. The third kappa shape index (κ3) is 4.65. The number of aryl methyl sites for hydroxylation is 2. The molecule has 1 aliphatic rings. The molecule has 174 valence electrons. The summed E-state index contributed by atoms with van der Waals surface area (Å²) in [5, 5.41) is 7.47. The standard InChI is InChI=1S/C27H29N5O2/c1-18-5-10-22(13-19(18)2)25-29-27(34)24-14-23(17-32(24)30-25)26(33)28-15-20-6-8-21(9-7-20)16-31-11-3-4-12-31/h5-10,13-14,17H,3-4,11-12,15-16H2,1-2H3,(H,28,33)(H,29,30,34). The van der Waals surface area contributed by atoms with E-state index in [9.17, 15) is 9.59 Å². The summed E-state index contributed by atoms with van der Waals surface area (Å²) in [5.74, 6) is 0.232. The van der Waals surface area contributed by atoms with Crippen molar-refractivity contribution in [1.29, 1.82) is 0 Å². The SMILES string of the molecule is Cc1ccc(-c2nn3cc(C(=O)NCc4ccc(CN5CCCC5)cc4)cc3c(=O)[nH]2)cc1C. The Kier molecular flexibility index (Phi) is 6.02. The van der Waals surface area contributed by atoms with E-state index in [2.05, 4.69) is 44.6 Å². The normalized spacial score (nSPS) is 14.1. The topological polar surface area (TPSA) is 82.5 Å². The van der Waals surface area contributed by atoms with Crippen LogP contribution in [0.5, 0.6) is 0 Å². The van der Waals surface area contributed by atoms with Crippen molar-refractivity contribution in [2.75, 3.05) is 13.1 Å². The molecule has 0 atom stereocenters. The van der Waals surface area contributed by atoms with Gasteiger partial charge in [0.1, 0.15) is 5.52 Å². The van der Waals surface area contributed by atoms with Crippen LogP contribution in [-0.2, 0) is 13.1 Å². The lowest BCUT2D eigenvalue weighted by atomic mass is 10.1. The molecule has 5 rings (SSSR count). The summed E-state index contributed by atoms with van der Waals surface area (Å²) in [6, 6.07) is 15.9. The Morgan fingerprint density at radius 3 is 2.47 bits per heavy atom. The predicted octanol–water partition coefficient (Wildman–Crippen LogP) is 3.83. The van der Waals surface area contributed by atoms with Gasteiger partial charge in [-0.15, -0.1) is 5.10 Å². The van der Waals surface area contributed by atoms with Gasteiger partial charge >= 0.3 is 0 Å². The van der Waals surface area contributed by atoms with E-state index in [4.69, 9.17) is 0 Å². The number of fused-ring (bicyclic) bond motifs is 1. The zero-order valence-corrected chi connectivity index (χ0v) is 19.6. The van der Waals surface area contributed by atoms with E-state index in [0.29, 0.717) is 23.4 Å². The van der Waals surface area contributed by atoms with E-state index in [0.717, 1.165) is 23.2 Å². The molecule has 4 aromatic rings. The van der Waals surface area contributed by atoms with Crippen LogP contribution in [0, 0.1) is 13.8 Å². The smallest absolute Gasteiger partial charge is 0.275 e. The molecular formula is C27H29N5O2. The molecule has 0 aliphatic carbocycles. The van der Waals surface area contributed by atoms with Crippen LogP contribution >= 0.6 is 0 Å². The van der Waals surface area contributed by atoms with E-state index in [-0.39, 0.29) is 11.5 Å². The fourth-order valence-corrected chi connectivity index (χ4v) is 4.40. The van der Waals surface area contributed by atoms with Gasteiger partial charge in [0.25, 0.3) is 11.5 Å². The van der Waals surface area contributed by atoms with Crippen molar-refractivity contribution in [1.82, 2.24) is 24.8 Å². The highest BCUT2D eigenvalue weighted by atomic mass is 16.1. The van der Waals surface area contributed by atoms with Crippen molar-refractivity contribution >= 4 is 11.4 Å². The monoisotopic (exact) mass is 455 g/mol. The Morgan fingerprint density at radius 2 is 1.74 bits per heavy atom. The molecule has 2 aromatic carbocycles. The molecule has 0 saturated carbocycles. The second-order valence-corrected chi connectivity index (χ2v) is 9.14. The van der Waals surface area contributed by atoms with Crippen LogP contribution in [0.2, 0.25) is 0 Å². The number of H-pyrrole nitrogens is 1. The summed E-state index contributed by atoms with van der Waals surface area (Å²) in [7, 11) is 0. The van der Waals surface area contributed by atoms with Gasteiger partial charge in [-0.2, -0.15) is 0 Å². The van der Waals surface area contributed by atoms with E-state index in [1.165, 1.54) is 41.6 Å². The minimum Gasteiger partial charge on any atom is -0.348 e. The number of benzene rings is 2. The maximum Gasteiger partial charge on any atom is 0.275 e. The van der Waals surface area contributed by atoms with Gasteiger partial charge in [0.05, 0.1) is 5.56 Å². The Bertz CT molecular complexity index is 1400. The molecule has 1 fully saturated rings. The molecule has 0 bridgehead atoms. The number of hydrogen-bond donors (Lipinski definition) is 2. The van der Waals surface area contributed by atoms with Crippen LogP contribution in [0.4, 0.5) is 0 Å². The van der Waals surface area contributed by atoms with Crippen molar-refractivity contribution in [3.8, 4) is 11.4 Å². The summed E-state index contributed by atoms with van der Waals surface area (Å²) in [5.41, 5.74) is 5.91. The van der Waals surface area contributed by atoms with Gasteiger partial charge in [0, 0.05) is 24.8 Å². The lowest BCUT2D eigenvalue weighted by Crippen LogP contribution is -2.22. The largest absolute Gasteiger partial charge is 0.348 e. The van der Waals surface area contributed by atoms with Gasteiger partial charge in [-0.1, -0.05) is 36.4 Å². The first kappa shape index (κ1) is 22.1. The molecule has 2 aromatic heterocycles. The summed E-state index contributed by atoms with van der Waals surface area (Å²) in [4.78, 5) is 30.7. The molecule has 2 N–H and O–H groups in total. The average Bonchev–Trinajstić information content (AvgIpc) is 3.50. The van der Waals surface area contributed by atoms with Gasteiger partial charge in [-0.05, 0) is 74.2 Å². The minimum atomic E-state index is -0.282. The number of aromatic amines is 1. The molecular weight excluding hydrogens is 426 g/mol. The van der Waals surface area contributed by atoms with Crippen LogP contribution in [0.25, 0.3) is 16.9 Å². The summed E-state index contributed by atoms with van der Waals surface area (Å²) < 4.78 is 1.48. The quantitative estimate of drug-likeness (QED) is 0.463. The molecule has 7 nitrogen and oxygen atoms in total. The minimum absolute atomic E-state index is 0.237. The van der Waals surface area contributed by atoms with Gasteiger partial charge in [0.2, 0.25) is 0 Å².